The van der Waals surface area contributed by atoms with E-state index in [4.69, 9.17) is 34.8 Å². The first-order chi connectivity index (χ1) is 11.4. The van der Waals surface area contributed by atoms with Gasteiger partial charge in [0.1, 0.15) is 0 Å². The average Bonchev–Trinajstić information content (AvgIpc) is 2.47. The predicted octanol–water partition coefficient (Wildman–Crippen LogP) is 5.08. The lowest BCUT2D eigenvalue weighted by Gasteiger charge is -2.14. The quantitative estimate of drug-likeness (QED) is 0.704. The monoisotopic (exact) mass is 451 g/mol. The Morgan fingerprint density at radius 1 is 0.920 bits per heavy atom. The van der Waals surface area contributed by atoms with Crippen LogP contribution in [-0.4, -0.2) is 18.1 Å². The number of sulfonamides is 1. The van der Waals surface area contributed by atoms with Crippen LogP contribution >= 0.6 is 34.8 Å². The smallest absolute Gasteiger partial charge is 0.275 e. The van der Waals surface area contributed by atoms with Gasteiger partial charge in [0.05, 0.1) is 31.3 Å². The van der Waals surface area contributed by atoms with E-state index in [9.17, 15) is 25.8 Å². The van der Waals surface area contributed by atoms with E-state index in [-0.39, 0.29) is 24.9 Å². The zero-order chi connectivity index (χ0) is 19.0. The molecule has 0 aliphatic heterocycles. The molecule has 0 heterocycles. The van der Waals surface area contributed by atoms with Gasteiger partial charge in [0, 0.05) is 10.0 Å². The Morgan fingerprint density at radius 2 is 1.48 bits per heavy atom. The highest BCUT2D eigenvalue weighted by molar-refractivity contribution is 7.93. The third kappa shape index (κ3) is 4.59. The van der Waals surface area contributed by atoms with Gasteiger partial charge in [0.25, 0.3) is 0 Å². The largest absolute Gasteiger partial charge is 0.516 e. The number of nitrogens with one attached hydrogen (secondary N) is 1. The average molecular weight is 453 g/mol. The Kier molecular flexibility index (Phi) is 5.95. The van der Waals surface area contributed by atoms with Crippen molar-refractivity contribution in [3.63, 3.8) is 0 Å². The maximum absolute atomic E-state index is 12.7. The minimum atomic E-state index is -5.70. The summed E-state index contributed by atoms with van der Waals surface area (Å²) in [7, 11) is -7.82. The Bertz CT molecular complexity index is 949. The molecule has 0 saturated carbocycles. The number of hydrogen-bond donors (Lipinski definition) is 1. The van der Waals surface area contributed by atoms with E-state index in [0.29, 0.717) is 0 Å². The van der Waals surface area contributed by atoms with Gasteiger partial charge >= 0.3 is 15.5 Å². The molecule has 0 saturated heterocycles. The number of hydrogen-bond acceptors (Lipinski definition) is 3. The van der Waals surface area contributed by atoms with E-state index in [1.54, 1.807) is 0 Å². The molecule has 0 spiro atoms. The van der Waals surface area contributed by atoms with Gasteiger partial charge in [-0.2, -0.15) is 21.6 Å². The lowest BCUT2D eigenvalue weighted by molar-refractivity contribution is -0.0429. The van der Waals surface area contributed by atoms with E-state index >= 15 is 0 Å². The van der Waals surface area contributed by atoms with Crippen LogP contribution in [-0.2, 0) is 20.8 Å². The third-order valence-electron chi connectivity index (χ3n) is 2.79. The molecule has 2 aromatic rings. The van der Waals surface area contributed by atoms with Crippen LogP contribution in [0.15, 0.2) is 46.2 Å². The SMILES string of the molecule is O=S(c1ccc(Cl)cc1Cl)c1cc(Cl)ccc1NS(=O)(=O)C(F)(F)F. The van der Waals surface area contributed by atoms with Crippen molar-refractivity contribution in [3.05, 3.63) is 51.5 Å². The van der Waals surface area contributed by atoms with Crippen molar-refractivity contribution < 1.29 is 25.8 Å². The molecule has 0 aromatic heterocycles. The second-order valence-electron chi connectivity index (χ2n) is 4.54. The molecular weight excluding hydrogens is 446 g/mol. The van der Waals surface area contributed by atoms with Gasteiger partial charge in [-0.05, 0) is 36.4 Å². The molecule has 25 heavy (non-hydrogen) atoms. The Morgan fingerprint density at radius 3 is 2.04 bits per heavy atom. The molecule has 4 nitrogen and oxygen atoms in total. The van der Waals surface area contributed by atoms with Crippen LogP contribution in [0, 0.1) is 0 Å². The molecule has 1 atom stereocenters. The first-order valence-corrected chi connectivity index (χ1v) is 9.94. The molecule has 1 N–H and O–H groups in total. The minimum absolute atomic E-state index is 0.00422. The Hall–Kier alpha value is -1.00. The van der Waals surface area contributed by atoms with Gasteiger partial charge in [-0.25, -0.2) is 4.21 Å². The fourth-order valence-electron chi connectivity index (χ4n) is 1.68. The first kappa shape index (κ1) is 20.3. The molecule has 0 bridgehead atoms. The van der Waals surface area contributed by atoms with E-state index in [1.165, 1.54) is 22.9 Å². The van der Waals surface area contributed by atoms with E-state index in [1.807, 2.05) is 0 Å². The van der Waals surface area contributed by atoms with Crippen molar-refractivity contribution in [1.29, 1.82) is 0 Å². The van der Waals surface area contributed by atoms with Crippen LogP contribution in [0.5, 0.6) is 0 Å². The summed E-state index contributed by atoms with van der Waals surface area (Å²) in [5.74, 6) is 0. The van der Waals surface area contributed by atoms with Crippen LogP contribution in [0.2, 0.25) is 15.1 Å². The normalized spacial score (nSPS) is 13.5. The number of benzene rings is 2. The standard InChI is InChI=1S/C13H7Cl3F3NO3S2/c14-7-2-4-11(9(16)5-7)24(21)12-6-8(15)1-3-10(12)20-25(22,23)13(17,18)19/h1-6,20H. The zero-order valence-electron chi connectivity index (χ0n) is 11.8. The van der Waals surface area contributed by atoms with Crippen molar-refractivity contribution in [3.8, 4) is 0 Å². The fourth-order valence-corrected chi connectivity index (χ4v) is 4.40. The topological polar surface area (TPSA) is 63.2 Å². The summed E-state index contributed by atoms with van der Waals surface area (Å²) >= 11 is 17.5. The van der Waals surface area contributed by atoms with Gasteiger partial charge in [0.2, 0.25) is 0 Å². The van der Waals surface area contributed by atoms with Crippen LogP contribution in [0.25, 0.3) is 0 Å². The maximum atomic E-state index is 12.7. The summed E-state index contributed by atoms with van der Waals surface area (Å²) in [5, 5.41) is 0.300. The van der Waals surface area contributed by atoms with E-state index in [0.717, 1.165) is 18.2 Å². The molecule has 12 heteroatoms. The van der Waals surface area contributed by atoms with Crippen LogP contribution in [0.1, 0.15) is 0 Å². The van der Waals surface area contributed by atoms with Crippen molar-refractivity contribution in [2.45, 2.75) is 15.3 Å². The van der Waals surface area contributed by atoms with Crippen molar-refractivity contribution in [2.24, 2.45) is 0 Å². The van der Waals surface area contributed by atoms with Crippen LogP contribution < -0.4 is 4.72 Å². The van der Waals surface area contributed by atoms with Gasteiger partial charge in [0.15, 0.2) is 0 Å². The van der Waals surface area contributed by atoms with E-state index < -0.39 is 32.0 Å². The number of anilines is 1. The molecule has 0 aliphatic rings. The Labute approximate surface area is 158 Å². The summed E-state index contributed by atoms with van der Waals surface area (Å²) in [5.41, 5.74) is -6.07. The van der Waals surface area contributed by atoms with Crippen molar-refractivity contribution in [1.82, 2.24) is 0 Å². The highest BCUT2D eigenvalue weighted by Crippen LogP contribution is 2.34. The van der Waals surface area contributed by atoms with Gasteiger partial charge in [-0.1, -0.05) is 34.8 Å². The lowest BCUT2D eigenvalue weighted by atomic mass is 10.3. The fraction of sp³-hybridized carbons (Fsp3) is 0.0769. The molecule has 2 aromatic carbocycles. The summed E-state index contributed by atoms with van der Waals surface area (Å²) in [4.78, 5) is -0.259. The van der Waals surface area contributed by atoms with Crippen LogP contribution in [0.3, 0.4) is 0 Å². The maximum Gasteiger partial charge on any atom is 0.516 e. The first-order valence-electron chi connectivity index (χ1n) is 6.18. The summed E-state index contributed by atoms with van der Waals surface area (Å²) < 4.78 is 74.4. The molecule has 0 fully saturated rings. The second kappa shape index (κ2) is 7.32. The molecule has 0 radical (unpaired) electrons. The number of rotatable bonds is 4. The number of halogens is 6. The molecule has 0 amide bonds. The molecular formula is C13H7Cl3F3NO3S2. The van der Waals surface area contributed by atoms with Crippen molar-refractivity contribution in [2.75, 3.05) is 4.72 Å². The zero-order valence-corrected chi connectivity index (χ0v) is 15.7. The summed E-state index contributed by atoms with van der Waals surface area (Å²) in [6, 6.07) is 7.19. The van der Waals surface area contributed by atoms with Gasteiger partial charge in [-0.15, -0.1) is 0 Å². The third-order valence-corrected chi connectivity index (χ3v) is 6.27. The predicted molar refractivity (Wildman–Crippen MR) is 91.2 cm³/mol. The number of alkyl halides is 3. The summed E-state index contributed by atoms with van der Waals surface area (Å²) in [6.45, 7) is 0. The molecule has 2 rings (SSSR count). The Balaban J connectivity index is 2.55. The highest BCUT2D eigenvalue weighted by Gasteiger charge is 2.46. The second-order valence-corrected chi connectivity index (χ2v) is 8.91. The van der Waals surface area contributed by atoms with Crippen LogP contribution in [0.4, 0.5) is 18.9 Å². The molecule has 136 valence electrons. The van der Waals surface area contributed by atoms with Gasteiger partial charge < -0.3 is 0 Å². The lowest BCUT2D eigenvalue weighted by Crippen LogP contribution is -2.30. The minimum Gasteiger partial charge on any atom is -0.275 e. The summed E-state index contributed by atoms with van der Waals surface area (Å²) in [6.07, 6.45) is 0. The van der Waals surface area contributed by atoms with Gasteiger partial charge in [-0.3, -0.25) is 4.72 Å². The highest BCUT2D eigenvalue weighted by atomic mass is 35.5. The molecule has 0 aliphatic carbocycles. The van der Waals surface area contributed by atoms with E-state index in [2.05, 4.69) is 0 Å². The van der Waals surface area contributed by atoms with Crippen molar-refractivity contribution >= 4 is 61.3 Å². The molecule has 1 unspecified atom stereocenters.